The monoisotopic (exact) mass is 304 g/mol. The van der Waals surface area contributed by atoms with Crippen molar-refractivity contribution >= 4 is 15.9 Å². The van der Waals surface area contributed by atoms with Gasteiger partial charge >= 0.3 is 6.03 Å². The van der Waals surface area contributed by atoms with E-state index in [0.717, 1.165) is 19.4 Å². The quantitative estimate of drug-likeness (QED) is 0.800. The van der Waals surface area contributed by atoms with Crippen molar-refractivity contribution in [2.45, 2.75) is 38.2 Å². The Morgan fingerprint density at radius 2 is 2.00 bits per heavy atom. The summed E-state index contributed by atoms with van der Waals surface area (Å²) in [6.45, 7) is 3.82. The summed E-state index contributed by atoms with van der Waals surface area (Å²) in [5.74, 6) is 0.752. The molecule has 2 saturated heterocycles. The van der Waals surface area contributed by atoms with E-state index in [0.29, 0.717) is 25.9 Å². The Hall–Kier alpha value is -0.820. The highest BCUT2D eigenvalue weighted by Gasteiger charge is 2.30. The molecule has 2 rings (SSSR count). The Balaban J connectivity index is 1.63. The molecule has 2 amide bonds. The van der Waals surface area contributed by atoms with Gasteiger partial charge in [0.15, 0.2) is 0 Å². The van der Waals surface area contributed by atoms with Crippen LogP contribution in [0, 0.1) is 5.92 Å². The van der Waals surface area contributed by atoms with E-state index in [1.165, 1.54) is 0 Å². The molecule has 1 atom stereocenters. The van der Waals surface area contributed by atoms with Crippen LogP contribution in [0.2, 0.25) is 0 Å². The first kappa shape index (κ1) is 15.6. The van der Waals surface area contributed by atoms with Gasteiger partial charge < -0.3 is 15.4 Å². The summed E-state index contributed by atoms with van der Waals surface area (Å²) in [5, 5.41) is 5.65. The van der Waals surface area contributed by atoms with Crippen LogP contribution in [0.3, 0.4) is 0 Å². The molecule has 0 radical (unpaired) electrons. The minimum atomic E-state index is -2.83. The Morgan fingerprint density at radius 3 is 2.60 bits per heavy atom. The predicted molar refractivity (Wildman–Crippen MR) is 76.4 cm³/mol. The van der Waals surface area contributed by atoms with E-state index in [1.807, 2.05) is 6.92 Å². The molecular formula is C13H24N2O4S. The molecule has 6 nitrogen and oxygen atoms in total. The summed E-state index contributed by atoms with van der Waals surface area (Å²) in [6.07, 6.45) is 3.29. The molecule has 0 spiro atoms. The van der Waals surface area contributed by atoms with Crippen molar-refractivity contribution in [1.29, 1.82) is 0 Å². The second-order valence-corrected chi connectivity index (χ2v) is 8.36. The number of rotatable bonds is 4. The van der Waals surface area contributed by atoms with Crippen LogP contribution < -0.4 is 10.6 Å². The van der Waals surface area contributed by atoms with Crippen LogP contribution in [0.15, 0.2) is 0 Å². The zero-order valence-corrected chi connectivity index (χ0v) is 12.8. The van der Waals surface area contributed by atoms with Gasteiger partial charge in [0.2, 0.25) is 0 Å². The third kappa shape index (κ3) is 4.63. The van der Waals surface area contributed by atoms with E-state index in [4.69, 9.17) is 4.74 Å². The third-order valence-corrected chi connectivity index (χ3v) is 5.86. The molecule has 7 heteroatoms. The van der Waals surface area contributed by atoms with E-state index in [9.17, 15) is 13.2 Å². The summed E-state index contributed by atoms with van der Waals surface area (Å²) < 4.78 is 28.2. The smallest absolute Gasteiger partial charge is 0.314 e. The number of hydrogen-bond acceptors (Lipinski definition) is 4. The maximum atomic E-state index is 11.7. The second kappa shape index (κ2) is 6.30. The van der Waals surface area contributed by atoms with Gasteiger partial charge in [0.25, 0.3) is 0 Å². The molecular weight excluding hydrogens is 280 g/mol. The SMILES string of the molecule is CC1(CNC(=O)NCC2CCS(=O)(=O)CC2)CCCO1. The number of urea groups is 1. The standard InChI is InChI=1S/C13H24N2O4S/c1-13(5-2-6-19-13)10-15-12(16)14-9-11-3-7-20(17,18)8-4-11/h11H,2-10H2,1H3,(H2,14,15,16). The molecule has 2 heterocycles. The summed E-state index contributed by atoms with van der Waals surface area (Å²) >= 11 is 0. The highest BCUT2D eigenvalue weighted by molar-refractivity contribution is 7.91. The first-order chi connectivity index (χ1) is 9.39. The van der Waals surface area contributed by atoms with E-state index >= 15 is 0 Å². The largest absolute Gasteiger partial charge is 0.373 e. The first-order valence-corrected chi connectivity index (χ1v) is 9.07. The van der Waals surface area contributed by atoms with Gasteiger partial charge in [0.05, 0.1) is 17.1 Å². The van der Waals surface area contributed by atoms with Gasteiger partial charge in [-0.25, -0.2) is 13.2 Å². The predicted octanol–water partition coefficient (Wildman–Crippen LogP) is 0.680. The molecule has 2 aliphatic heterocycles. The minimum Gasteiger partial charge on any atom is -0.373 e. The van der Waals surface area contributed by atoms with Crippen LogP contribution in [0.25, 0.3) is 0 Å². The van der Waals surface area contributed by atoms with Crippen molar-refractivity contribution in [3.63, 3.8) is 0 Å². The summed E-state index contributed by atoms with van der Waals surface area (Å²) in [7, 11) is -2.83. The van der Waals surface area contributed by atoms with Crippen LogP contribution in [-0.4, -0.2) is 51.3 Å². The van der Waals surface area contributed by atoms with Crippen molar-refractivity contribution in [1.82, 2.24) is 10.6 Å². The molecule has 0 bridgehead atoms. The number of nitrogens with one attached hydrogen (secondary N) is 2. The van der Waals surface area contributed by atoms with Crippen molar-refractivity contribution < 1.29 is 17.9 Å². The van der Waals surface area contributed by atoms with Crippen LogP contribution in [0.1, 0.15) is 32.6 Å². The van der Waals surface area contributed by atoms with Gasteiger partial charge in [-0.3, -0.25) is 0 Å². The fraction of sp³-hybridized carbons (Fsp3) is 0.923. The number of sulfone groups is 1. The van der Waals surface area contributed by atoms with Gasteiger partial charge in [0.1, 0.15) is 9.84 Å². The van der Waals surface area contributed by atoms with E-state index in [1.54, 1.807) is 0 Å². The summed E-state index contributed by atoms with van der Waals surface area (Å²) in [4.78, 5) is 11.7. The molecule has 2 fully saturated rings. The molecule has 2 aliphatic rings. The lowest BCUT2D eigenvalue weighted by atomic mass is 10.0. The van der Waals surface area contributed by atoms with Gasteiger partial charge in [-0.1, -0.05) is 0 Å². The highest BCUT2D eigenvalue weighted by Crippen LogP contribution is 2.23. The van der Waals surface area contributed by atoms with Crippen LogP contribution >= 0.6 is 0 Å². The first-order valence-electron chi connectivity index (χ1n) is 7.25. The fourth-order valence-electron chi connectivity index (χ4n) is 2.69. The molecule has 1 unspecified atom stereocenters. The number of hydrogen-bond donors (Lipinski definition) is 2. The van der Waals surface area contributed by atoms with E-state index < -0.39 is 9.84 Å². The molecule has 116 valence electrons. The summed E-state index contributed by atoms with van der Waals surface area (Å²) in [6, 6.07) is -0.199. The van der Waals surface area contributed by atoms with Crippen LogP contribution in [-0.2, 0) is 14.6 Å². The second-order valence-electron chi connectivity index (χ2n) is 6.06. The van der Waals surface area contributed by atoms with Crippen molar-refractivity contribution in [3.05, 3.63) is 0 Å². The lowest BCUT2D eigenvalue weighted by molar-refractivity contribution is 0.0229. The number of ether oxygens (including phenoxy) is 1. The van der Waals surface area contributed by atoms with E-state index in [2.05, 4.69) is 10.6 Å². The van der Waals surface area contributed by atoms with Crippen LogP contribution in [0.5, 0.6) is 0 Å². The molecule has 2 N–H and O–H groups in total. The molecule has 0 aromatic rings. The Kier molecular flexibility index (Phi) is 4.90. The van der Waals surface area contributed by atoms with Gasteiger partial charge in [-0.15, -0.1) is 0 Å². The lowest BCUT2D eigenvalue weighted by Gasteiger charge is -2.25. The maximum absolute atomic E-state index is 11.7. The molecule has 0 aromatic carbocycles. The maximum Gasteiger partial charge on any atom is 0.314 e. The highest BCUT2D eigenvalue weighted by atomic mass is 32.2. The fourth-order valence-corrected chi connectivity index (χ4v) is 4.28. The molecule has 0 aliphatic carbocycles. The Bertz CT molecular complexity index is 429. The average molecular weight is 304 g/mol. The topological polar surface area (TPSA) is 84.5 Å². The minimum absolute atomic E-state index is 0.199. The normalized spacial score (nSPS) is 30.1. The van der Waals surface area contributed by atoms with Crippen molar-refractivity contribution in [2.24, 2.45) is 5.92 Å². The zero-order chi connectivity index (χ0) is 14.6. The molecule has 0 aromatic heterocycles. The lowest BCUT2D eigenvalue weighted by Crippen LogP contribution is -2.46. The zero-order valence-electron chi connectivity index (χ0n) is 12.0. The van der Waals surface area contributed by atoms with Crippen molar-refractivity contribution in [2.75, 3.05) is 31.2 Å². The average Bonchev–Trinajstić information content (AvgIpc) is 2.83. The Labute approximate surface area is 120 Å². The van der Waals surface area contributed by atoms with E-state index in [-0.39, 0.29) is 29.1 Å². The van der Waals surface area contributed by atoms with Crippen LogP contribution in [0.4, 0.5) is 4.79 Å². The third-order valence-electron chi connectivity index (χ3n) is 4.15. The van der Waals surface area contributed by atoms with Gasteiger partial charge in [-0.05, 0) is 38.5 Å². The van der Waals surface area contributed by atoms with Crippen molar-refractivity contribution in [3.8, 4) is 0 Å². The molecule has 20 heavy (non-hydrogen) atoms. The molecule has 0 saturated carbocycles. The van der Waals surface area contributed by atoms with Gasteiger partial charge in [-0.2, -0.15) is 0 Å². The Morgan fingerprint density at radius 1 is 1.30 bits per heavy atom. The number of carbonyl (C=O) groups excluding carboxylic acids is 1. The summed E-state index contributed by atoms with van der Waals surface area (Å²) in [5.41, 5.74) is -0.240. The number of carbonyl (C=O) groups is 1. The van der Waals surface area contributed by atoms with Gasteiger partial charge in [0, 0.05) is 19.7 Å². The number of amides is 2.